The molecule has 2 fully saturated rings. The monoisotopic (exact) mass is 272 g/mol. The molecule has 2 unspecified atom stereocenters. The van der Waals surface area contributed by atoms with Gasteiger partial charge in [-0.2, -0.15) is 0 Å². The van der Waals surface area contributed by atoms with Crippen LogP contribution in [-0.2, 0) is 0 Å². The minimum Gasteiger partial charge on any atom is -0.298 e. The smallest absolute Gasteiger partial charge is 0.179 e. The number of ketones is 1. The zero-order valence-electron chi connectivity index (χ0n) is 12.3. The predicted molar refractivity (Wildman–Crippen MR) is 81.0 cm³/mol. The summed E-state index contributed by atoms with van der Waals surface area (Å²) in [6.07, 6.45) is 3.98. The van der Waals surface area contributed by atoms with Crippen LogP contribution in [-0.4, -0.2) is 53.8 Å². The largest absolute Gasteiger partial charge is 0.298 e. The molecule has 2 saturated heterocycles. The Morgan fingerprint density at radius 2 is 1.95 bits per heavy atom. The first-order valence-electron chi connectivity index (χ1n) is 7.83. The lowest BCUT2D eigenvalue weighted by molar-refractivity contribution is 0.0300. The third-order valence-electron chi connectivity index (χ3n) is 4.85. The number of piperazine rings is 1. The van der Waals surface area contributed by atoms with Gasteiger partial charge in [0.15, 0.2) is 5.78 Å². The topological polar surface area (TPSA) is 23.6 Å². The number of Topliss-reactive ketones (excluding diaryl/α,β-unsaturated/α-hetero) is 1. The fourth-order valence-electron chi connectivity index (χ4n) is 3.54. The molecule has 0 aliphatic carbocycles. The van der Waals surface area contributed by atoms with Crippen LogP contribution >= 0.6 is 0 Å². The van der Waals surface area contributed by atoms with Gasteiger partial charge in [-0.05, 0) is 26.3 Å². The summed E-state index contributed by atoms with van der Waals surface area (Å²) < 4.78 is 0. The van der Waals surface area contributed by atoms with E-state index >= 15 is 0 Å². The van der Waals surface area contributed by atoms with Gasteiger partial charge in [-0.1, -0.05) is 36.8 Å². The normalized spacial score (nSPS) is 25.9. The predicted octanol–water partition coefficient (Wildman–Crippen LogP) is 2.43. The Bertz CT molecular complexity index is 459. The average Bonchev–Trinajstić information content (AvgIpc) is 2.54. The molecule has 0 aromatic heterocycles. The molecule has 2 aliphatic heterocycles. The molecule has 1 aromatic rings. The Balaban J connectivity index is 1.65. The molecular weight excluding hydrogens is 248 g/mol. The lowest BCUT2D eigenvalue weighted by Crippen LogP contribution is -2.57. The van der Waals surface area contributed by atoms with Crippen molar-refractivity contribution in [2.45, 2.75) is 38.3 Å². The summed E-state index contributed by atoms with van der Waals surface area (Å²) in [6, 6.07) is 10.4. The summed E-state index contributed by atoms with van der Waals surface area (Å²) >= 11 is 0. The molecule has 3 rings (SSSR count). The molecule has 2 heterocycles. The van der Waals surface area contributed by atoms with Crippen LogP contribution in [0.25, 0.3) is 0 Å². The molecular formula is C17H24N2O. The van der Waals surface area contributed by atoms with Gasteiger partial charge >= 0.3 is 0 Å². The van der Waals surface area contributed by atoms with Gasteiger partial charge in [0.05, 0.1) is 6.04 Å². The molecule has 0 radical (unpaired) electrons. The van der Waals surface area contributed by atoms with Crippen molar-refractivity contribution in [2.75, 3.05) is 26.2 Å². The zero-order valence-corrected chi connectivity index (χ0v) is 12.3. The van der Waals surface area contributed by atoms with Gasteiger partial charge in [-0.25, -0.2) is 0 Å². The quantitative estimate of drug-likeness (QED) is 0.790. The Morgan fingerprint density at radius 3 is 2.75 bits per heavy atom. The van der Waals surface area contributed by atoms with Crippen LogP contribution in [0, 0.1) is 0 Å². The van der Waals surface area contributed by atoms with E-state index in [2.05, 4.69) is 16.7 Å². The van der Waals surface area contributed by atoms with Gasteiger partial charge in [-0.15, -0.1) is 0 Å². The van der Waals surface area contributed by atoms with Gasteiger partial charge in [0.1, 0.15) is 0 Å². The van der Waals surface area contributed by atoms with E-state index in [9.17, 15) is 4.79 Å². The number of hydrogen-bond acceptors (Lipinski definition) is 3. The van der Waals surface area contributed by atoms with Gasteiger partial charge in [0.25, 0.3) is 0 Å². The van der Waals surface area contributed by atoms with E-state index in [0.717, 1.165) is 25.2 Å². The minimum absolute atomic E-state index is 0.00137. The number of fused-ring (bicyclic) bond motifs is 1. The van der Waals surface area contributed by atoms with E-state index in [4.69, 9.17) is 0 Å². The average molecular weight is 272 g/mol. The molecule has 0 bridgehead atoms. The number of nitrogens with zero attached hydrogens (tertiary/aromatic N) is 2. The van der Waals surface area contributed by atoms with E-state index in [0.29, 0.717) is 6.04 Å². The zero-order chi connectivity index (χ0) is 13.9. The van der Waals surface area contributed by atoms with Gasteiger partial charge < -0.3 is 0 Å². The molecule has 0 spiro atoms. The van der Waals surface area contributed by atoms with Crippen LogP contribution in [0.5, 0.6) is 0 Å². The minimum atomic E-state index is 0.00137. The van der Waals surface area contributed by atoms with Crippen LogP contribution in [0.2, 0.25) is 0 Å². The molecule has 3 heteroatoms. The maximum atomic E-state index is 12.5. The summed E-state index contributed by atoms with van der Waals surface area (Å²) in [6.45, 7) is 6.51. The van der Waals surface area contributed by atoms with Crippen molar-refractivity contribution >= 4 is 5.78 Å². The summed E-state index contributed by atoms with van der Waals surface area (Å²) in [5.74, 6) is 0.259. The number of carbonyl (C=O) groups is 1. The highest BCUT2D eigenvalue weighted by Crippen LogP contribution is 2.23. The number of carbonyl (C=O) groups excluding carboxylic acids is 1. The first-order chi connectivity index (χ1) is 9.75. The second kappa shape index (κ2) is 6.06. The third kappa shape index (κ3) is 2.79. The molecule has 2 atom stereocenters. The Hall–Kier alpha value is -1.19. The highest BCUT2D eigenvalue weighted by Gasteiger charge is 2.32. The molecule has 0 saturated carbocycles. The Morgan fingerprint density at radius 1 is 1.15 bits per heavy atom. The maximum absolute atomic E-state index is 12.5. The van der Waals surface area contributed by atoms with Crippen LogP contribution < -0.4 is 0 Å². The molecule has 20 heavy (non-hydrogen) atoms. The highest BCUT2D eigenvalue weighted by atomic mass is 16.1. The number of benzene rings is 1. The van der Waals surface area contributed by atoms with E-state index in [-0.39, 0.29) is 11.8 Å². The van der Waals surface area contributed by atoms with Gasteiger partial charge in [-0.3, -0.25) is 14.6 Å². The molecule has 2 aliphatic rings. The summed E-state index contributed by atoms with van der Waals surface area (Å²) in [4.78, 5) is 17.5. The van der Waals surface area contributed by atoms with Crippen molar-refractivity contribution in [2.24, 2.45) is 0 Å². The van der Waals surface area contributed by atoms with E-state index in [1.807, 2.05) is 30.3 Å². The lowest BCUT2D eigenvalue weighted by atomic mass is 9.97. The SMILES string of the molecule is CC(C(=O)c1ccccc1)N1CCN2CCCCC2C1. The summed E-state index contributed by atoms with van der Waals surface area (Å²) in [5.41, 5.74) is 0.839. The second-order valence-electron chi connectivity index (χ2n) is 6.09. The van der Waals surface area contributed by atoms with Gasteiger partial charge in [0.2, 0.25) is 0 Å². The van der Waals surface area contributed by atoms with Crippen molar-refractivity contribution in [3.63, 3.8) is 0 Å². The third-order valence-corrected chi connectivity index (χ3v) is 4.85. The van der Waals surface area contributed by atoms with E-state index in [1.54, 1.807) is 0 Å². The maximum Gasteiger partial charge on any atom is 0.179 e. The Labute approximate surface area is 121 Å². The first-order valence-corrected chi connectivity index (χ1v) is 7.83. The molecule has 0 N–H and O–H groups in total. The van der Waals surface area contributed by atoms with Crippen molar-refractivity contribution in [1.29, 1.82) is 0 Å². The standard InChI is InChI=1S/C17H24N2O/c1-14(17(20)15-7-3-2-4-8-15)19-12-11-18-10-6-5-9-16(18)13-19/h2-4,7-8,14,16H,5-6,9-13H2,1H3. The molecule has 3 nitrogen and oxygen atoms in total. The molecule has 108 valence electrons. The van der Waals surface area contributed by atoms with E-state index in [1.165, 1.54) is 25.8 Å². The van der Waals surface area contributed by atoms with Crippen LogP contribution in [0.3, 0.4) is 0 Å². The summed E-state index contributed by atoms with van der Waals surface area (Å²) in [7, 11) is 0. The second-order valence-corrected chi connectivity index (χ2v) is 6.09. The fraction of sp³-hybridized carbons (Fsp3) is 0.588. The molecule has 0 amide bonds. The molecule has 1 aromatic carbocycles. The number of hydrogen-bond donors (Lipinski definition) is 0. The van der Waals surface area contributed by atoms with Gasteiger partial charge in [0, 0.05) is 31.2 Å². The fourth-order valence-corrected chi connectivity index (χ4v) is 3.54. The number of piperidine rings is 1. The van der Waals surface area contributed by atoms with Crippen LogP contribution in [0.4, 0.5) is 0 Å². The van der Waals surface area contributed by atoms with Crippen molar-refractivity contribution in [1.82, 2.24) is 9.80 Å². The Kier molecular flexibility index (Phi) is 4.18. The highest BCUT2D eigenvalue weighted by molar-refractivity contribution is 5.99. The lowest BCUT2D eigenvalue weighted by Gasteiger charge is -2.45. The van der Waals surface area contributed by atoms with Crippen LogP contribution in [0.1, 0.15) is 36.5 Å². The van der Waals surface area contributed by atoms with Crippen molar-refractivity contribution in [3.8, 4) is 0 Å². The van der Waals surface area contributed by atoms with Crippen LogP contribution in [0.15, 0.2) is 30.3 Å². The summed E-state index contributed by atoms with van der Waals surface area (Å²) in [5, 5.41) is 0. The number of rotatable bonds is 3. The van der Waals surface area contributed by atoms with Crippen molar-refractivity contribution in [3.05, 3.63) is 35.9 Å². The van der Waals surface area contributed by atoms with Crippen molar-refractivity contribution < 1.29 is 4.79 Å². The first kappa shape index (κ1) is 13.8. The van der Waals surface area contributed by atoms with E-state index < -0.39 is 0 Å².